The number of methoxy groups -OCH3 is 1. The van der Waals surface area contributed by atoms with Gasteiger partial charge in [0, 0.05) is 5.69 Å². The quantitative estimate of drug-likeness (QED) is 0.123. The first kappa shape index (κ1) is 33.0. The minimum Gasteiger partial charge on any atom is -0.467 e. The zero-order chi connectivity index (χ0) is 29.5. The van der Waals surface area contributed by atoms with Crippen molar-refractivity contribution in [2.24, 2.45) is 16.6 Å². The van der Waals surface area contributed by atoms with Crippen molar-refractivity contribution in [1.82, 2.24) is 5.32 Å². The van der Waals surface area contributed by atoms with Crippen molar-refractivity contribution in [2.75, 3.05) is 12.4 Å². The number of guanidine groups is 1. The Bertz CT molecular complexity index is 1080. The van der Waals surface area contributed by atoms with Crippen LogP contribution in [0.4, 0.5) is 15.3 Å². The molecule has 0 saturated carbocycles. The predicted octanol–water partition coefficient (Wildman–Crippen LogP) is 4.27. The number of rotatable bonds is 7. The van der Waals surface area contributed by atoms with Crippen molar-refractivity contribution < 1.29 is 42.6 Å². The van der Waals surface area contributed by atoms with Gasteiger partial charge in [0.2, 0.25) is 5.96 Å². The number of ether oxygens (including phenoxy) is 3. The third-order valence-electron chi connectivity index (χ3n) is 4.40. The SMILES string of the molecule is COC(=O)C(OP(=O)(O)[C@@H](N)C(C)C)c1cccc(NC(=NC(=O)OC(C)(C)C)NC(=O)OC(C)(C)C)c1. The molecule has 1 aromatic carbocycles. The summed E-state index contributed by atoms with van der Waals surface area (Å²) in [6.07, 6.45) is -3.50. The molecule has 2 unspecified atom stereocenters. The maximum atomic E-state index is 12.7. The van der Waals surface area contributed by atoms with Gasteiger partial charge in [0.15, 0.2) is 6.10 Å². The van der Waals surface area contributed by atoms with Crippen LogP contribution < -0.4 is 16.4 Å². The Kier molecular flexibility index (Phi) is 11.5. The summed E-state index contributed by atoms with van der Waals surface area (Å²) in [5.41, 5.74) is 4.49. The molecule has 0 aliphatic carbocycles. The van der Waals surface area contributed by atoms with Crippen LogP contribution in [0.15, 0.2) is 29.3 Å². The molecule has 0 saturated heterocycles. The molecule has 0 radical (unpaired) electrons. The van der Waals surface area contributed by atoms with Crippen molar-refractivity contribution in [1.29, 1.82) is 0 Å². The van der Waals surface area contributed by atoms with Crippen molar-refractivity contribution >= 4 is 37.4 Å². The zero-order valence-electron chi connectivity index (χ0n) is 23.2. The van der Waals surface area contributed by atoms with E-state index in [0.29, 0.717) is 0 Å². The number of carbonyl (C=O) groups is 3. The van der Waals surface area contributed by atoms with E-state index in [1.54, 1.807) is 55.4 Å². The summed E-state index contributed by atoms with van der Waals surface area (Å²) in [7, 11) is -3.35. The molecule has 0 aliphatic rings. The van der Waals surface area contributed by atoms with Gasteiger partial charge in [0.05, 0.1) is 7.11 Å². The molecule has 0 spiro atoms. The Balaban J connectivity index is 3.36. The molecule has 38 heavy (non-hydrogen) atoms. The van der Waals surface area contributed by atoms with Gasteiger partial charge >= 0.3 is 25.8 Å². The van der Waals surface area contributed by atoms with E-state index in [1.807, 2.05) is 0 Å². The highest BCUT2D eigenvalue weighted by Gasteiger charge is 2.38. The summed E-state index contributed by atoms with van der Waals surface area (Å²) in [4.78, 5) is 51.3. The zero-order valence-corrected chi connectivity index (χ0v) is 24.1. The summed E-state index contributed by atoms with van der Waals surface area (Å²) in [6, 6.07) is 5.86. The highest BCUT2D eigenvalue weighted by molar-refractivity contribution is 7.53. The Hall–Kier alpha value is -2.99. The molecule has 2 amide bonds. The summed E-state index contributed by atoms with van der Waals surface area (Å²) in [5, 5.41) is 5.08. The summed E-state index contributed by atoms with van der Waals surface area (Å²) < 4.78 is 33.2. The van der Waals surface area contributed by atoms with Crippen LogP contribution in [0.3, 0.4) is 0 Å². The second kappa shape index (κ2) is 13.2. The number of nitrogens with one attached hydrogen (secondary N) is 2. The van der Waals surface area contributed by atoms with E-state index in [9.17, 15) is 23.8 Å². The molecule has 214 valence electrons. The van der Waals surface area contributed by atoms with Gasteiger partial charge in [-0.3, -0.25) is 14.4 Å². The molecule has 5 N–H and O–H groups in total. The van der Waals surface area contributed by atoms with Gasteiger partial charge in [-0.2, -0.15) is 0 Å². The maximum absolute atomic E-state index is 12.7. The fraction of sp³-hybridized carbons (Fsp3) is 0.583. The van der Waals surface area contributed by atoms with E-state index in [-0.39, 0.29) is 17.2 Å². The van der Waals surface area contributed by atoms with Crippen LogP contribution in [0.5, 0.6) is 0 Å². The summed E-state index contributed by atoms with van der Waals surface area (Å²) >= 11 is 0. The first-order chi connectivity index (χ1) is 17.2. The molecular weight excluding hydrogens is 519 g/mol. The number of nitrogens with two attached hydrogens (primary N) is 1. The second-order valence-corrected chi connectivity index (χ2v) is 12.6. The van der Waals surface area contributed by atoms with Crippen LogP contribution >= 0.6 is 7.60 Å². The fourth-order valence-electron chi connectivity index (χ4n) is 2.72. The van der Waals surface area contributed by atoms with E-state index >= 15 is 0 Å². The lowest BCUT2D eigenvalue weighted by Crippen LogP contribution is -2.40. The first-order valence-electron chi connectivity index (χ1n) is 11.8. The monoisotopic (exact) mass is 558 g/mol. The highest BCUT2D eigenvalue weighted by Crippen LogP contribution is 2.52. The number of hydrogen-bond donors (Lipinski definition) is 4. The highest BCUT2D eigenvalue weighted by atomic mass is 31.2. The van der Waals surface area contributed by atoms with E-state index < -0.39 is 54.8 Å². The predicted molar refractivity (Wildman–Crippen MR) is 142 cm³/mol. The Morgan fingerprint density at radius 2 is 1.63 bits per heavy atom. The smallest absolute Gasteiger partial charge is 0.437 e. The normalized spacial score (nSPS) is 15.6. The van der Waals surface area contributed by atoms with Gasteiger partial charge in [-0.1, -0.05) is 26.0 Å². The molecule has 0 heterocycles. The van der Waals surface area contributed by atoms with Gasteiger partial charge in [0.1, 0.15) is 17.0 Å². The Morgan fingerprint density at radius 3 is 2.13 bits per heavy atom. The number of esters is 1. The lowest BCUT2D eigenvalue weighted by molar-refractivity contribution is -0.149. The van der Waals surface area contributed by atoms with Crippen molar-refractivity contribution in [3.05, 3.63) is 29.8 Å². The van der Waals surface area contributed by atoms with E-state index in [2.05, 4.69) is 15.6 Å². The minimum atomic E-state index is -4.45. The molecule has 1 rings (SSSR count). The lowest BCUT2D eigenvalue weighted by atomic mass is 10.1. The van der Waals surface area contributed by atoms with Crippen LogP contribution in [-0.4, -0.2) is 53.1 Å². The Labute approximate surface area is 223 Å². The molecule has 0 fully saturated rings. The third-order valence-corrected chi connectivity index (χ3v) is 6.26. The van der Waals surface area contributed by atoms with Crippen LogP contribution in [0.2, 0.25) is 0 Å². The van der Waals surface area contributed by atoms with Gasteiger partial charge in [-0.25, -0.2) is 14.4 Å². The summed E-state index contributed by atoms with van der Waals surface area (Å²) in [5.74, 6) is -2.94. The molecule has 0 aromatic heterocycles. The number of nitrogens with zero attached hydrogens (tertiary/aromatic N) is 1. The molecule has 14 heteroatoms. The maximum Gasteiger partial charge on any atom is 0.437 e. The topological polar surface area (TPSA) is 188 Å². The van der Waals surface area contributed by atoms with E-state index in [4.69, 9.17) is 24.5 Å². The molecule has 3 atom stereocenters. The van der Waals surface area contributed by atoms with Gasteiger partial charge in [-0.15, -0.1) is 4.99 Å². The summed E-state index contributed by atoms with van der Waals surface area (Å²) in [6.45, 7) is 13.2. The van der Waals surface area contributed by atoms with Crippen LogP contribution in [0.25, 0.3) is 0 Å². The molecular formula is C24H39N4O9P. The van der Waals surface area contributed by atoms with Crippen LogP contribution in [-0.2, 0) is 28.1 Å². The van der Waals surface area contributed by atoms with Crippen molar-refractivity contribution in [3.8, 4) is 0 Å². The van der Waals surface area contributed by atoms with Crippen LogP contribution in [0.1, 0.15) is 67.1 Å². The Morgan fingerprint density at radius 1 is 1.05 bits per heavy atom. The van der Waals surface area contributed by atoms with Gasteiger partial charge in [0.25, 0.3) is 0 Å². The molecule has 0 aliphatic heterocycles. The van der Waals surface area contributed by atoms with E-state index in [0.717, 1.165) is 7.11 Å². The minimum absolute atomic E-state index is 0.126. The third kappa shape index (κ3) is 11.6. The first-order valence-corrected chi connectivity index (χ1v) is 13.4. The van der Waals surface area contributed by atoms with Crippen molar-refractivity contribution in [2.45, 2.75) is 78.5 Å². The van der Waals surface area contributed by atoms with Crippen molar-refractivity contribution in [3.63, 3.8) is 0 Å². The molecule has 13 nitrogen and oxygen atoms in total. The number of benzene rings is 1. The number of anilines is 1. The number of carbonyl (C=O) groups excluding carboxylic acids is 3. The lowest BCUT2D eigenvalue weighted by Gasteiger charge is -2.26. The number of hydrogen-bond acceptors (Lipinski definition) is 9. The van der Waals surface area contributed by atoms with Crippen LogP contribution in [0, 0.1) is 5.92 Å². The largest absolute Gasteiger partial charge is 0.467 e. The molecule has 1 aromatic rings. The van der Waals surface area contributed by atoms with E-state index in [1.165, 1.54) is 24.3 Å². The van der Waals surface area contributed by atoms with Gasteiger partial charge in [-0.05, 0) is 65.2 Å². The average molecular weight is 559 g/mol. The number of aliphatic imine (C=N–C) groups is 1. The second-order valence-electron chi connectivity index (χ2n) is 10.6. The average Bonchev–Trinajstić information content (AvgIpc) is 2.73. The molecule has 0 bridgehead atoms. The fourth-order valence-corrected chi connectivity index (χ4v) is 4.13. The number of alkyl carbamates (subject to hydrolysis) is 1. The standard InChI is InChI=1S/C24H39N4O9P/c1-14(2)18(25)38(32,33)37-17(19(29)34-9)15-11-10-12-16(13-15)26-20(27-21(30)35-23(3,4)5)28-22(31)36-24(6,7)8/h10-14,17-18H,25H2,1-9H3,(H,32,33)(H2,26,27,28,30,31)/t17?,18-/m1/s1. The van der Waals surface area contributed by atoms with Gasteiger partial charge < -0.3 is 30.2 Å². The number of amides is 2.